The number of methoxy groups -OCH3 is 2. The molecular formula is C19H22N4O4S. The lowest BCUT2D eigenvalue weighted by Crippen LogP contribution is -2.27. The van der Waals surface area contributed by atoms with E-state index >= 15 is 0 Å². The third-order valence-corrected chi connectivity index (χ3v) is 5.93. The fourth-order valence-electron chi connectivity index (χ4n) is 2.91. The molecule has 2 aromatic heterocycles. The maximum atomic E-state index is 13.0. The van der Waals surface area contributed by atoms with Crippen molar-refractivity contribution in [2.75, 3.05) is 14.2 Å². The monoisotopic (exact) mass is 402 g/mol. The quantitative estimate of drug-likeness (QED) is 0.653. The molecule has 0 amide bonds. The molecule has 0 aliphatic rings. The second-order valence-corrected chi connectivity index (χ2v) is 7.83. The minimum absolute atomic E-state index is 0.0102. The van der Waals surface area contributed by atoms with Gasteiger partial charge in [0.15, 0.2) is 5.82 Å². The summed E-state index contributed by atoms with van der Waals surface area (Å²) in [5, 5.41) is 4.35. The van der Waals surface area contributed by atoms with Crippen LogP contribution in [0.25, 0.3) is 5.82 Å². The highest BCUT2D eigenvalue weighted by Crippen LogP contribution is 2.30. The van der Waals surface area contributed by atoms with Crippen LogP contribution in [0.1, 0.15) is 24.2 Å². The Labute approximate surface area is 164 Å². The van der Waals surface area contributed by atoms with Gasteiger partial charge in [0, 0.05) is 29.6 Å². The Morgan fingerprint density at radius 2 is 1.93 bits per heavy atom. The molecule has 0 fully saturated rings. The first-order valence-corrected chi connectivity index (χ1v) is 10.1. The molecular weight excluding hydrogens is 380 g/mol. The summed E-state index contributed by atoms with van der Waals surface area (Å²) in [6, 6.07) is 9.63. The first-order chi connectivity index (χ1) is 13.4. The number of benzene rings is 1. The van der Waals surface area contributed by atoms with Crippen molar-refractivity contribution in [1.82, 2.24) is 19.5 Å². The standard InChI is InChI=1S/C19H22N4O4S/c1-13(16-12-21-23(14(16)2)19-7-5-6-10-20-19)22-28(24,25)18-11-15(26-3)8-9-17(18)27-4/h5-13,22H,1-4H3/t13-/m0/s1. The van der Waals surface area contributed by atoms with E-state index in [9.17, 15) is 8.42 Å². The molecule has 3 aromatic rings. The van der Waals surface area contributed by atoms with Crippen molar-refractivity contribution in [3.05, 3.63) is 60.0 Å². The summed E-state index contributed by atoms with van der Waals surface area (Å²) in [6.45, 7) is 3.63. The van der Waals surface area contributed by atoms with Gasteiger partial charge in [-0.3, -0.25) is 0 Å². The van der Waals surface area contributed by atoms with Gasteiger partial charge >= 0.3 is 0 Å². The molecule has 0 bridgehead atoms. The maximum Gasteiger partial charge on any atom is 0.244 e. The number of nitrogens with zero attached hydrogens (tertiary/aromatic N) is 3. The molecule has 1 N–H and O–H groups in total. The van der Waals surface area contributed by atoms with Crippen LogP contribution in [0.4, 0.5) is 0 Å². The van der Waals surface area contributed by atoms with E-state index in [0.717, 1.165) is 11.3 Å². The molecule has 28 heavy (non-hydrogen) atoms. The highest BCUT2D eigenvalue weighted by atomic mass is 32.2. The highest BCUT2D eigenvalue weighted by Gasteiger charge is 2.25. The fourth-order valence-corrected chi connectivity index (χ4v) is 4.32. The fraction of sp³-hybridized carbons (Fsp3) is 0.263. The summed E-state index contributed by atoms with van der Waals surface area (Å²) in [6.07, 6.45) is 3.32. The number of hydrogen-bond acceptors (Lipinski definition) is 6. The summed E-state index contributed by atoms with van der Waals surface area (Å²) in [5.41, 5.74) is 1.54. The molecule has 148 valence electrons. The molecule has 0 unspecified atom stereocenters. The molecule has 0 saturated heterocycles. The average Bonchev–Trinajstić information content (AvgIpc) is 3.09. The van der Waals surface area contributed by atoms with Crippen LogP contribution >= 0.6 is 0 Å². The summed E-state index contributed by atoms with van der Waals surface area (Å²) in [5.74, 6) is 1.32. The van der Waals surface area contributed by atoms with E-state index in [-0.39, 0.29) is 10.6 Å². The van der Waals surface area contributed by atoms with Gasteiger partial charge in [-0.15, -0.1) is 0 Å². The lowest BCUT2D eigenvalue weighted by molar-refractivity contribution is 0.391. The second kappa shape index (κ2) is 7.99. The van der Waals surface area contributed by atoms with E-state index in [2.05, 4.69) is 14.8 Å². The van der Waals surface area contributed by atoms with Gasteiger partial charge in [-0.1, -0.05) is 6.07 Å². The van der Waals surface area contributed by atoms with Crippen LogP contribution in [0.5, 0.6) is 11.5 Å². The Morgan fingerprint density at radius 1 is 1.14 bits per heavy atom. The summed E-state index contributed by atoms with van der Waals surface area (Å²) in [7, 11) is -0.965. The predicted molar refractivity (Wildman–Crippen MR) is 104 cm³/mol. The zero-order valence-corrected chi connectivity index (χ0v) is 16.9. The van der Waals surface area contributed by atoms with Crippen molar-refractivity contribution in [3.8, 4) is 17.3 Å². The van der Waals surface area contributed by atoms with E-state index in [4.69, 9.17) is 9.47 Å². The van der Waals surface area contributed by atoms with Gasteiger partial charge in [-0.25, -0.2) is 22.8 Å². The van der Waals surface area contributed by atoms with Crippen molar-refractivity contribution in [2.45, 2.75) is 24.8 Å². The normalized spacial score (nSPS) is 12.6. The van der Waals surface area contributed by atoms with Gasteiger partial charge in [0.1, 0.15) is 16.4 Å². The first kappa shape index (κ1) is 19.8. The van der Waals surface area contributed by atoms with Gasteiger partial charge < -0.3 is 9.47 Å². The maximum absolute atomic E-state index is 13.0. The summed E-state index contributed by atoms with van der Waals surface area (Å²) in [4.78, 5) is 4.29. The number of ether oxygens (including phenoxy) is 2. The number of nitrogens with one attached hydrogen (secondary N) is 1. The zero-order valence-electron chi connectivity index (χ0n) is 16.1. The molecule has 1 atom stereocenters. The van der Waals surface area contributed by atoms with Gasteiger partial charge in [-0.2, -0.15) is 5.10 Å². The number of pyridine rings is 1. The Bertz CT molecular complexity index is 1060. The molecule has 2 heterocycles. The Hall–Kier alpha value is -2.91. The molecule has 9 heteroatoms. The van der Waals surface area contributed by atoms with Crippen molar-refractivity contribution in [2.24, 2.45) is 0 Å². The topological polar surface area (TPSA) is 95.3 Å². The summed E-state index contributed by atoms with van der Waals surface area (Å²) >= 11 is 0. The highest BCUT2D eigenvalue weighted by molar-refractivity contribution is 7.89. The van der Waals surface area contributed by atoms with Crippen LogP contribution in [0.3, 0.4) is 0 Å². The molecule has 0 spiro atoms. The largest absolute Gasteiger partial charge is 0.497 e. The SMILES string of the molecule is COc1ccc(OC)c(S(=O)(=O)N[C@@H](C)c2cnn(-c3ccccn3)c2C)c1. The second-order valence-electron chi connectivity index (χ2n) is 6.14. The van der Waals surface area contributed by atoms with E-state index in [1.54, 1.807) is 36.1 Å². The van der Waals surface area contributed by atoms with Crippen LogP contribution in [0, 0.1) is 6.92 Å². The molecule has 0 saturated carbocycles. The van der Waals surface area contributed by atoms with Gasteiger partial charge in [-0.05, 0) is 38.1 Å². The Balaban J connectivity index is 1.91. The molecule has 3 rings (SSSR count). The van der Waals surface area contributed by atoms with Gasteiger partial charge in [0.25, 0.3) is 0 Å². The van der Waals surface area contributed by atoms with Crippen molar-refractivity contribution < 1.29 is 17.9 Å². The van der Waals surface area contributed by atoms with Crippen LogP contribution < -0.4 is 14.2 Å². The number of rotatable bonds is 7. The van der Waals surface area contributed by atoms with Gasteiger partial charge in [0.2, 0.25) is 10.0 Å². The lowest BCUT2D eigenvalue weighted by Gasteiger charge is -2.16. The van der Waals surface area contributed by atoms with Crippen LogP contribution in [-0.4, -0.2) is 37.4 Å². The summed E-state index contributed by atoms with van der Waals surface area (Å²) < 4.78 is 40.6. The predicted octanol–water partition coefficient (Wildman–Crippen LogP) is 2.63. The minimum Gasteiger partial charge on any atom is -0.497 e. The molecule has 0 radical (unpaired) electrons. The molecule has 1 aromatic carbocycles. The van der Waals surface area contributed by atoms with E-state index in [0.29, 0.717) is 11.6 Å². The Morgan fingerprint density at radius 3 is 2.57 bits per heavy atom. The lowest BCUT2D eigenvalue weighted by atomic mass is 10.1. The van der Waals surface area contributed by atoms with Crippen molar-refractivity contribution in [1.29, 1.82) is 0 Å². The molecule has 0 aliphatic carbocycles. The Kier molecular flexibility index (Phi) is 5.66. The number of sulfonamides is 1. The molecule has 0 aliphatic heterocycles. The van der Waals surface area contributed by atoms with E-state index < -0.39 is 16.1 Å². The third-order valence-electron chi connectivity index (χ3n) is 4.37. The first-order valence-electron chi connectivity index (χ1n) is 8.57. The van der Waals surface area contributed by atoms with Gasteiger partial charge in [0.05, 0.1) is 20.4 Å². The van der Waals surface area contributed by atoms with E-state index in [1.165, 1.54) is 20.3 Å². The van der Waals surface area contributed by atoms with Crippen LogP contribution in [0.15, 0.2) is 53.7 Å². The van der Waals surface area contributed by atoms with E-state index in [1.807, 2.05) is 25.1 Å². The number of aromatic nitrogens is 3. The average molecular weight is 402 g/mol. The number of hydrogen-bond donors (Lipinski definition) is 1. The smallest absolute Gasteiger partial charge is 0.244 e. The van der Waals surface area contributed by atoms with Crippen molar-refractivity contribution in [3.63, 3.8) is 0 Å². The van der Waals surface area contributed by atoms with Crippen molar-refractivity contribution >= 4 is 10.0 Å². The third kappa shape index (κ3) is 3.85. The minimum atomic E-state index is -3.86. The van der Waals surface area contributed by atoms with Crippen LogP contribution in [-0.2, 0) is 10.0 Å². The molecule has 8 nitrogen and oxygen atoms in total. The zero-order chi connectivity index (χ0) is 20.3. The van der Waals surface area contributed by atoms with Crippen LogP contribution in [0.2, 0.25) is 0 Å².